The Hall–Kier alpha value is -2.88. The van der Waals surface area contributed by atoms with Crippen LogP contribution in [0.3, 0.4) is 0 Å². The molecule has 144 valence electrons. The van der Waals surface area contributed by atoms with Crippen LogP contribution in [0.15, 0.2) is 35.1 Å². The molecule has 2 heterocycles. The second-order valence-electron chi connectivity index (χ2n) is 6.05. The van der Waals surface area contributed by atoms with Gasteiger partial charge in [0, 0.05) is 12.5 Å². The molecular formula is C17H20N4O5S. The summed E-state index contributed by atoms with van der Waals surface area (Å²) in [5.41, 5.74) is 1.58. The Labute approximate surface area is 156 Å². The van der Waals surface area contributed by atoms with Crippen molar-refractivity contribution in [3.05, 3.63) is 42.0 Å². The third kappa shape index (κ3) is 4.11. The lowest BCUT2D eigenvalue weighted by atomic mass is 10.2. The predicted molar refractivity (Wildman–Crippen MR) is 97.4 cm³/mol. The van der Waals surface area contributed by atoms with Crippen LogP contribution in [-0.4, -0.2) is 48.8 Å². The molecule has 9 nitrogen and oxygen atoms in total. The summed E-state index contributed by atoms with van der Waals surface area (Å²) in [5.74, 6) is 1.64. The first-order chi connectivity index (χ1) is 12.8. The first-order valence-corrected chi connectivity index (χ1v) is 10.0. The summed E-state index contributed by atoms with van der Waals surface area (Å²) >= 11 is 0. The van der Waals surface area contributed by atoms with Crippen molar-refractivity contribution in [3.8, 4) is 23.0 Å². The number of hydrogen-bond acceptors (Lipinski definition) is 8. The van der Waals surface area contributed by atoms with Gasteiger partial charge < -0.3 is 14.0 Å². The van der Waals surface area contributed by atoms with Crippen LogP contribution in [0.2, 0.25) is 0 Å². The van der Waals surface area contributed by atoms with Gasteiger partial charge in [0.25, 0.3) is 5.89 Å². The molecule has 0 fully saturated rings. The average molecular weight is 392 g/mol. The van der Waals surface area contributed by atoms with E-state index in [1.807, 2.05) is 18.2 Å². The molecule has 3 rings (SSSR count). The predicted octanol–water partition coefficient (Wildman–Crippen LogP) is 2.10. The molecule has 0 spiro atoms. The molecule has 0 aliphatic rings. The van der Waals surface area contributed by atoms with Crippen LogP contribution >= 0.6 is 0 Å². The number of nitrogens with zero attached hydrogens (tertiary/aromatic N) is 4. The van der Waals surface area contributed by atoms with Gasteiger partial charge >= 0.3 is 0 Å². The number of ether oxygens (including phenoxy) is 2. The first kappa shape index (κ1) is 18.9. The first-order valence-electron chi connectivity index (χ1n) is 8.08. The number of aromatic nitrogens is 4. The Balaban J connectivity index is 1.79. The topological polar surface area (TPSA) is 109 Å². The van der Waals surface area contributed by atoms with Gasteiger partial charge in [-0.05, 0) is 24.6 Å². The largest absolute Gasteiger partial charge is 0.493 e. The molecule has 3 aromatic rings. The van der Waals surface area contributed by atoms with E-state index in [-0.39, 0.29) is 11.7 Å². The van der Waals surface area contributed by atoms with E-state index >= 15 is 0 Å². The van der Waals surface area contributed by atoms with Gasteiger partial charge in [-0.25, -0.2) is 8.42 Å². The lowest BCUT2D eigenvalue weighted by Gasteiger charge is -2.09. The van der Waals surface area contributed by atoms with Crippen molar-refractivity contribution < 1.29 is 22.4 Å². The minimum atomic E-state index is -3.30. The van der Waals surface area contributed by atoms with Crippen LogP contribution < -0.4 is 9.47 Å². The number of sulfone groups is 1. The summed E-state index contributed by atoms with van der Waals surface area (Å²) in [6.45, 7) is 2.02. The van der Waals surface area contributed by atoms with Gasteiger partial charge in [0.1, 0.15) is 5.25 Å². The average Bonchev–Trinajstić information content (AvgIpc) is 3.29. The fourth-order valence-corrected chi connectivity index (χ4v) is 2.91. The second kappa shape index (κ2) is 7.39. The maximum absolute atomic E-state index is 11.6. The Morgan fingerprint density at radius 2 is 1.96 bits per heavy atom. The van der Waals surface area contributed by atoms with Gasteiger partial charge in [-0.3, -0.25) is 4.68 Å². The number of methoxy groups -OCH3 is 2. The van der Waals surface area contributed by atoms with Crippen LogP contribution in [-0.2, 0) is 16.4 Å². The smallest absolute Gasteiger partial charge is 0.261 e. The fourth-order valence-electron chi connectivity index (χ4n) is 2.44. The lowest BCUT2D eigenvalue weighted by molar-refractivity contribution is 0.354. The molecule has 1 atom stereocenters. The third-order valence-corrected chi connectivity index (χ3v) is 5.62. The van der Waals surface area contributed by atoms with E-state index in [0.29, 0.717) is 23.6 Å². The lowest BCUT2D eigenvalue weighted by Crippen LogP contribution is -2.09. The standard InChI is InChI=1S/C17H20N4O5S/c1-11(27(4,22)23)16-19-17(26-20-16)13-8-18-21(10-13)9-12-5-6-14(24-2)15(7-12)25-3/h5-8,10-11H,9H2,1-4H3. The summed E-state index contributed by atoms with van der Waals surface area (Å²) in [7, 11) is -0.135. The molecule has 27 heavy (non-hydrogen) atoms. The van der Waals surface area contributed by atoms with Gasteiger partial charge in [-0.1, -0.05) is 11.2 Å². The van der Waals surface area contributed by atoms with E-state index in [1.165, 1.54) is 6.92 Å². The SMILES string of the molecule is COc1ccc(Cn2cc(-c3nc(C(C)S(C)(=O)=O)no3)cn2)cc1OC. The van der Waals surface area contributed by atoms with Gasteiger partial charge in [0.2, 0.25) is 0 Å². The quantitative estimate of drug-likeness (QED) is 0.601. The molecule has 1 aromatic carbocycles. The monoisotopic (exact) mass is 392 g/mol. The Morgan fingerprint density at radius 3 is 2.63 bits per heavy atom. The van der Waals surface area contributed by atoms with E-state index in [4.69, 9.17) is 14.0 Å². The number of hydrogen-bond donors (Lipinski definition) is 0. The fraction of sp³-hybridized carbons (Fsp3) is 0.353. The molecule has 1 unspecified atom stereocenters. The highest BCUT2D eigenvalue weighted by molar-refractivity contribution is 7.90. The minimum Gasteiger partial charge on any atom is -0.493 e. The Morgan fingerprint density at radius 1 is 1.22 bits per heavy atom. The van der Waals surface area contributed by atoms with Gasteiger partial charge in [-0.15, -0.1) is 0 Å². The molecule has 0 aliphatic heterocycles. The second-order valence-corrected chi connectivity index (χ2v) is 8.41. The maximum Gasteiger partial charge on any atom is 0.261 e. The van der Waals surface area contributed by atoms with E-state index in [9.17, 15) is 8.42 Å². The van der Waals surface area contributed by atoms with Gasteiger partial charge in [-0.2, -0.15) is 10.1 Å². The van der Waals surface area contributed by atoms with Crippen LogP contribution in [0, 0.1) is 0 Å². The highest BCUT2D eigenvalue weighted by Crippen LogP contribution is 2.28. The van der Waals surface area contributed by atoms with Crippen LogP contribution in [0.5, 0.6) is 11.5 Å². The summed E-state index contributed by atoms with van der Waals surface area (Å²) < 4.78 is 40.7. The van der Waals surface area contributed by atoms with Crippen molar-refractivity contribution in [1.29, 1.82) is 0 Å². The summed E-state index contributed by atoms with van der Waals surface area (Å²) in [4.78, 5) is 4.17. The van der Waals surface area contributed by atoms with Crippen molar-refractivity contribution in [2.24, 2.45) is 0 Å². The zero-order chi connectivity index (χ0) is 19.6. The Kier molecular flexibility index (Phi) is 5.17. The highest BCUT2D eigenvalue weighted by atomic mass is 32.2. The van der Waals surface area contributed by atoms with E-state index in [0.717, 1.165) is 11.8 Å². The van der Waals surface area contributed by atoms with Crippen LogP contribution in [0.1, 0.15) is 23.6 Å². The van der Waals surface area contributed by atoms with Crippen molar-refractivity contribution in [2.45, 2.75) is 18.7 Å². The van der Waals surface area contributed by atoms with E-state index in [2.05, 4.69) is 15.2 Å². The molecule has 0 saturated heterocycles. The van der Waals surface area contributed by atoms with Crippen LogP contribution in [0.4, 0.5) is 0 Å². The molecule has 0 bridgehead atoms. The van der Waals surface area contributed by atoms with Crippen molar-refractivity contribution in [3.63, 3.8) is 0 Å². The van der Waals surface area contributed by atoms with Gasteiger partial charge in [0.15, 0.2) is 27.2 Å². The number of rotatable bonds is 7. The molecule has 10 heteroatoms. The Bertz CT molecular complexity index is 1040. The van der Waals surface area contributed by atoms with Gasteiger partial charge in [0.05, 0.1) is 32.5 Å². The van der Waals surface area contributed by atoms with Crippen molar-refractivity contribution in [1.82, 2.24) is 19.9 Å². The highest BCUT2D eigenvalue weighted by Gasteiger charge is 2.23. The van der Waals surface area contributed by atoms with E-state index < -0.39 is 15.1 Å². The summed E-state index contributed by atoms with van der Waals surface area (Å²) in [6.07, 6.45) is 4.47. The zero-order valence-corrected chi connectivity index (χ0v) is 16.2. The molecule has 0 radical (unpaired) electrons. The number of benzene rings is 1. The molecular weight excluding hydrogens is 372 g/mol. The summed E-state index contributed by atoms with van der Waals surface area (Å²) in [5, 5.41) is 7.21. The molecule has 0 aliphatic carbocycles. The van der Waals surface area contributed by atoms with Crippen molar-refractivity contribution in [2.75, 3.05) is 20.5 Å². The zero-order valence-electron chi connectivity index (χ0n) is 15.4. The summed E-state index contributed by atoms with van der Waals surface area (Å²) in [6, 6.07) is 5.62. The van der Waals surface area contributed by atoms with Crippen LogP contribution in [0.25, 0.3) is 11.5 Å². The molecule has 0 saturated carbocycles. The minimum absolute atomic E-state index is 0.125. The molecule has 2 aromatic heterocycles. The maximum atomic E-state index is 11.6. The normalized spacial score (nSPS) is 12.7. The molecule has 0 N–H and O–H groups in total. The van der Waals surface area contributed by atoms with Crippen molar-refractivity contribution >= 4 is 9.84 Å². The third-order valence-electron chi connectivity index (χ3n) is 4.12. The van der Waals surface area contributed by atoms with E-state index in [1.54, 1.807) is 31.3 Å². The molecule has 0 amide bonds.